The molecule has 3 rings (SSSR count). The second-order valence-corrected chi connectivity index (χ2v) is 6.12. The van der Waals surface area contributed by atoms with Gasteiger partial charge >= 0.3 is 5.97 Å². The standard InChI is InChI=1S/C20H21NO4/c1-14-12-16-8-6-7-11-18(16)21(14)20(23)15(2)25-19(22)13-24-17-9-4-3-5-10-17/h3-11,14-15H,12-13H2,1-2H3/t14-,15-/m1/s1. The van der Waals surface area contributed by atoms with Gasteiger partial charge in [-0.25, -0.2) is 4.79 Å². The summed E-state index contributed by atoms with van der Waals surface area (Å²) in [5, 5.41) is 0. The van der Waals surface area contributed by atoms with Crippen molar-refractivity contribution in [1.82, 2.24) is 0 Å². The first-order chi connectivity index (χ1) is 12.1. The van der Waals surface area contributed by atoms with Crippen LogP contribution in [0.3, 0.4) is 0 Å². The van der Waals surface area contributed by atoms with Crippen molar-refractivity contribution in [1.29, 1.82) is 0 Å². The minimum absolute atomic E-state index is 0.0478. The Labute approximate surface area is 147 Å². The average Bonchev–Trinajstić information content (AvgIpc) is 2.96. The van der Waals surface area contributed by atoms with Crippen molar-refractivity contribution in [3.05, 3.63) is 60.2 Å². The largest absolute Gasteiger partial charge is 0.482 e. The molecule has 0 N–H and O–H groups in total. The van der Waals surface area contributed by atoms with E-state index < -0.39 is 12.1 Å². The van der Waals surface area contributed by atoms with Crippen LogP contribution in [0.15, 0.2) is 54.6 Å². The van der Waals surface area contributed by atoms with Crippen LogP contribution in [-0.2, 0) is 20.7 Å². The zero-order chi connectivity index (χ0) is 17.8. The van der Waals surface area contributed by atoms with E-state index in [4.69, 9.17) is 9.47 Å². The lowest BCUT2D eigenvalue weighted by molar-refractivity contribution is -0.155. The van der Waals surface area contributed by atoms with Crippen LogP contribution >= 0.6 is 0 Å². The molecule has 0 aliphatic carbocycles. The van der Waals surface area contributed by atoms with E-state index in [0.29, 0.717) is 5.75 Å². The number of para-hydroxylation sites is 2. The molecule has 0 unspecified atom stereocenters. The molecule has 5 heteroatoms. The van der Waals surface area contributed by atoms with Crippen LogP contribution in [0, 0.1) is 0 Å². The van der Waals surface area contributed by atoms with Gasteiger partial charge in [0.2, 0.25) is 0 Å². The Balaban J connectivity index is 1.58. The van der Waals surface area contributed by atoms with Crippen molar-refractivity contribution >= 4 is 17.6 Å². The Morgan fingerprint density at radius 1 is 1.12 bits per heavy atom. The topological polar surface area (TPSA) is 55.8 Å². The predicted molar refractivity (Wildman–Crippen MR) is 94.6 cm³/mol. The van der Waals surface area contributed by atoms with Crippen LogP contribution in [0.25, 0.3) is 0 Å². The Morgan fingerprint density at radius 2 is 1.80 bits per heavy atom. The predicted octanol–water partition coefficient (Wildman–Crippen LogP) is 2.97. The molecule has 2 atom stereocenters. The van der Waals surface area contributed by atoms with E-state index in [1.165, 1.54) is 0 Å². The Bertz CT molecular complexity index is 759. The molecule has 130 valence electrons. The van der Waals surface area contributed by atoms with E-state index in [0.717, 1.165) is 17.7 Å². The first kappa shape index (κ1) is 17.0. The summed E-state index contributed by atoms with van der Waals surface area (Å²) in [5.41, 5.74) is 2.03. The number of hydrogen-bond donors (Lipinski definition) is 0. The number of esters is 1. The number of hydrogen-bond acceptors (Lipinski definition) is 4. The molecule has 1 aliphatic heterocycles. The molecule has 0 fully saturated rings. The highest BCUT2D eigenvalue weighted by Gasteiger charge is 2.34. The molecule has 0 aromatic heterocycles. The van der Waals surface area contributed by atoms with Crippen molar-refractivity contribution in [2.45, 2.75) is 32.4 Å². The Morgan fingerprint density at radius 3 is 2.56 bits per heavy atom. The Kier molecular flexibility index (Phi) is 5.03. The van der Waals surface area contributed by atoms with Gasteiger partial charge in [-0.3, -0.25) is 4.79 Å². The van der Waals surface area contributed by atoms with Gasteiger partial charge in [0.15, 0.2) is 12.7 Å². The van der Waals surface area contributed by atoms with Crippen molar-refractivity contribution in [3.8, 4) is 5.75 Å². The van der Waals surface area contributed by atoms with E-state index in [2.05, 4.69) is 0 Å². The summed E-state index contributed by atoms with van der Waals surface area (Å²) in [6.07, 6.45) is -0.0554. The van der Waals surface area contributed by atoms with Crippen molar-refractivity contribution < 1.29 is 19.1 Å². The third-order valence-electron chi connectivity index (χ3n) is 4.20. The summed E-state index contributed by atoms with van der Waals surface area (Å²) in [7, 11) is 0. The zero-order valence-corrected chi connectivity index (χ0v) is 14.3. The summed E-state index contributed by atoms with van der Waals surface area (Å²) in [6, 6.07) is 16.9. The highest BCUT2D eigenvalue weighted by atomic mass is 16.6. The fourth-order valence-electron chi connectivity index (χ4n) is 3.04. The number of fused-ring (bicyclic) bond motifs is 1. The van der Waals surface area contributed by atoms with E-state index in [1.807, 2.05) is 49.4 Å². The SMILES string of the molecule is C[C@@H]1Cc2ccccc2N1C(=O)[C@@H](C)OC(=O)COc1ccccc1. The highest BCUT2D eigenvalue weighted by molar-refractivity contribution is 5.99. The molecule has 0 bridgehead atoms. The maximum atomic E-state index is 12.7. The lowest BCUT2D eigenvalue weighted by Gasteiger charge is -2.25. The van der Waals surface area contributed by atoms with E-state index in [1.54, 1.807) is 24.0 Å². The molecule has 1 amide bonds. The van der Waals surface area contributed by atoms with Gasteiger partial charge in [0.1, 0.15) is 5.75 Å². The number of rotatable bonds is 5. The minimum atomic E-state index is -0.861. The monoisotopic (exact) mass is 339 g/mol. The summed E-state index contributed by atoms with van der Waals surface area (Å²) in [5.74, 6) is -0.198. The Hall–Kier alpha value is -2.82. The summed E-state index contributed by atoms with van der Waals surface area (Å²) < 4.78 is 10.6. The third-order valence-corrected chi connectivity index (χ3v) is 4.20. The van der Waals surface area contributed by atoms with Crippen LogP contribution in [0.1, 0.15) is 19.4 Å². The van der Waals surface area contributed by atoms with E-state index in [9.17, 15) is 9.59 Å². The third kappa shape index (κ3) is 3.82. The summed E-state index contributed by atoms with van der Waals surface area (Å²) >= 11 is 0. The van der Waals surface area contributed by atoms with Crippen molar-refractivity contribution in [2.24, 2.45) is 0 Å². The first-order valence-corrected chi connectivity index (χ1v) is 8.34. The molecule has 1 heterocycles. The number of carbonyl (C=O) groups excluding carboxylic acids is 2. The van der Waals surface area contributed by atoms with E-state index >= 15 is 0 Å². The number of benzene rings is 2. The van der Waals surface area contributed by atoms with Crippen LogP contribution < -0.4 is 9.64 Å². The second-order valence-electron chi connectivity index (χ2n) is 6.12. The van der Waals surface area contributed by atoms with Gasteiger partial charge in [-0.15, -0.1) is 0 Å². The number of ether oxygens (including phenoxy) is 2. The second kappa shape index (κ2) is 7.38. The van der Waals surface area contributed by atoms with Gasteiger partial charge in [-0.1, -0.05) is 36.4 Å². The quantitative estimate of drug-likeness (QED) is 0.786. The lowest BCUT2D eigenvalue weighted by atomic mass is 10.1. The summed E-state index contributed by atoms with van der Waals surface area (Å²) in [4.78, 5) is 26.4. The van der Waals surface area contributed by atoms with Crippen LogP contribution in [0.4, 0.5) is 5.69 Å². The minimum Gasteiger partial charge on any atom is -0.482 e. The van der Waals surface area contributed by atoms with Crippen LogP contribution in [-0.4, -0.2) is 30.6 Å². The zero-order valence-electron chi connectivity index (χ0n) is 14.3. The smallest absolute Gasteiger partial charge is 0.344 e. The summed E-state index contributed by atoms with van der Waals surface area (Å²) in [6.45, 7) is 3.36. The maximum Gasteiger partial charge on any atom is 0.344 e. The van der Waals surface area contributed by atoms with Crippen LogP contribution in [0.5, 0.6) is 5.75 Å². The van der Waals surface area contributed by atoms with Gasteiger partial charge in [-0.2, -0.15) is 0 Å². The molecule has 5 nitrogen and oxygen atoms in total. The molecule has 2 aromatic carbocycles. The van der Waals surface area contributed by atoms with Gasteiger partial charge < -0.3 is 14.4 Å². The molecule has 2 aromatic rings. The maximum absolute atomic E-state index is 12.7. The van der Waals surface area contributed by atoms with Gasteiger partial charge in [-0.05, 0) is 44.0 Å². The van der Waals surface area contributed by atoms with Gasteiger partial charge in [0, 0.05) is 11.7 Å². The fourth-order valence-corrected chi connectivity index (χ4v) is 3.04. The van der Waals surface area contributed by atoms with Gasteiger partial charge in [0.05, 0.1) is 0 Å². The first-order valence-electron chi connectivity index (χ1n) is 8.34. The lowest BCUT2D eigenvalue weighted by Crippen LogP contribution is -2.43. The molecule has 0 saturated heterocycles. The van der Waals surface area contributed by atoms with Crippen LogP contribution in [0.2, 0.25) is 0 Å². The number of nitrogens with zero attached hydrogens (tertiary/aromatic N) is 1. The number of amides is 1. The molecule has 0 saturated carbocycles. The van der Waals surface area contributed by atoms with Crippen molar-refractivity contribution in [2.75, 3.05) is 11.5 Å². The fraction of sp³-hybridized carbons (Fsp3) is 0.300. The van der Waals surface area contributed by atoms with Gasteiger partial charge in [0.25, 0.3) is 5.91 Å². The molecular formula is C20H21NO4. The molecule has 0 radical (unpaired) electrons. The van der Waals surface area contributed by atoms with Crippen molar-refractivity contribution in [3.63, 3.8) is 0 Å². The molecule has 0 spiro atoms. The normalized spacial score (nSPS) is 16.9. The van der Waals surface area contributed by atoms with E-state index in [-0.39, 0.29) is 18.6 Å². The molecule has 25 heavy (non-hydrogen) atoms. The average molecular weight is 339 g/mol. The highest BCUT2D eigenvalue weighted by Crippen LogP contribution is 2.32. The number of anilines is 1. The molecular weight excluding hydrogens is 318 g/mol. The molecule has 1 aliphatic rings. The number of carbonyl (C=O) groups is 2.